The summed E-state index contributed by atoms with van der Waals surface area (Å²) in [7, 11) is 1.49. The topological polar surface area (TPSA) is 131 Å². The maximum atomic E-state index is 13.3. The highest BCUT2D eigenvalue weighted by Gasteiger charge is 2.27. The molecule has 0 atom stereocenters. The number of ether oxygens (including phenoxy) is 1. The summed E-state index contributed by atoms with van der Waals surface area (Å²) in [5, 5.41) is 0. The van der Waals surface area contributed by atoms with Crippen molar-refractivity contribution in [2.75, 3.05) is 37.4 Å². The Morgan fingerprint density at radius 3 is 2.34 bits per heavy atom. The fourth-order valence-electron chi connectivity index (χ4n) is 3.57. The zero-order valence-corrected chi connectivity index (χ0v) is 21.7. The number of anilines is 2. The molecule has 2 aromatic rings. The minimum atomic E-state index is -0.742. The van der Waals surface area contributed by atoms with E-state index >= 15 is 0 Å². The number of hydrogen-bond donors (Lipinski definition) is 2. The van der Waals surface area contributed by atoms with Crippen molar-refractivity contribution >= 4 is 23.3 Å². The van der Waals surface area contributed by atoms with Crippen LogP contribution >= 0.6 is 0 Å². The van der Waals surface area contributed by atoms with Crippen LogP contribution in [0.2, 0.25) is 0 Å². The molecular formula is C25H37N5O5. The Morgan fingerprint density at radius 1 is 1.09 bits per heavy atom. The second kappa shape index (κ2) is 11.7. The van der Waals surface area contributed by atoms with Gasteiger partial charge in [-0.3, -0.25) is 23.9 Å². The van der Waals surface area contributed by atoms with Gasteiger partial charge in [0.1, 0.15) is 11.6 Å². The fourth-order valence-corrected chi connectivity index (χ4v) is 3.57. The van der Waals surface area contributed by atoms with Gasteiger partial charge >= 0.3 is 5.69 Å². The first kappa shape index (κ1) is 27.7. The van der Waals surface area contributed by atoms with Crippen molar-refractivity contribution in [3.63, 3.8) is 0 Å². The highest BCUT2D eigenvalue weighted by molar-refractivity contribution is 5.98. The molecule has 0 aliphatic heterocycles. The van der Waals surface area contributed by atoms with Crippen LogP contribution in [-0.4, -0.2) is 53.0 Å². The lowest BCUT2D eigenvalue weighted by atomic mass is 10.1. The molecule has 3 N–H and O–H groups in total. The highest BCUT2D eigenvalue weighted by Crippen LogP contribution is 2.21. The number of amides is 2. The van der Waals surface area contributed by atoms with Gasteiger partial charge in [-0.15, -0.1) is 0 Å². The van der Waals surface area contributed by atoms with E-state index in [-0.39, 0.29) is 49.6 Å². The molecule has 2 amide bonds. The highest BCUT2D eigenvalue weighted by atomic mass is 16.5. The number of nitrogens with two attached hydrogens (primary N) is 1. The number of hydrogen-bond acceptors (Lipinski definition) is 6. The van der Waals surface area contributed by atoms with E-state index in [0.29, 0.717) is 5.75 Å². The van der Waals surface area contributed by atoms with Crippen molar-refractivity contribution < 1.29 is 14.3 Å². The molecule has 0 aliphatic carbocycles. The number of nitrogens with zero attached hydrogens (tertiary/aromatic N) is 3. The number of carbonyl (C=O) groups excluding carboxylic acids is 2. The Bertz CT molecular complexity index is 1180. The van der Waals surface area contributed by atoms with Gasteiger partial charge in [-0.1, -0.05) is 39.8 Å². The Labute approximate surface area is 205 Å². The second-order valence-corrected chi connectivity index (χ2v) is 9.63. The molecule has 10 heteroatoms. The second-order valence-electron chi connectivity index (χ2n) is 9.63. The molecule has 0 saturated heterocycles. The maximum Gasteiger partial charge on any atom is 0.330 e. The lowest BCUT2D eigenvalue weighted by molar-refractivity contribution is -0.135. The van der Waals surface area contributed by atoms with Gasteiger partial charge in [0.2, 0.25) is 5.91 Å². The van der Waals surface area contributed by atoms with Crippen molar-refractivity contribution in [3.05, 3.63) is 50.2 Å². The van der Waals surface area contributed by atoms with E-state index in [9.17, 15) is 19.2 Å². The molecule has 1 aromatic heterocycles. The quantitative estimate of drug-likeness (QED) is 0.526. The molecular weight excluding hydrogens is 450 g/mol. The van der Waals surface area contributed by atoms with Crippen LogP contribution in [0.25, 0.3) is 0 Å². The standard InChI is InChI=1S/C25H37N5O5/c1-15(2)11-29(22-23(26)30(12-16(3)4)25(34)27-24(22)33)20(31)13-28(7)21(32)14-35-19-10-8-9-17(5)18(19)6/h8-10,15-16H,11-14,26H2,1-7H3,(H,27,33,34). The molecule has 10 nitrogen and oxygen atoms in total. The molecule has 192 valence electrons. The van der Waals surface area contributed by atoms with Crippen LogP contribution in [0.3, 0.4) is 0 Å². The summed E-state index contributed by atoms with van der Waals surface area (Å²) in [6.07, 6.45) is 0. The third kappa shape index (κ3) is 6.97. The Hall–Kier alpha value is -3.56. The van der Waals surface area contributed by atoms with Gasteiger partial charge in [-0.25, -0.2) is 4.79 Å². The predicted octanol–water partition coefficient (Wildman–Crippen LogP) is 1.92. The van der Waals surface area contributed by atoms with Gasteiger partial charge in [0, 0.05) is 20.1 Å². The molecule has 0 spiro atoms. The molecule has 0 fully saturated rings. The zero-order valence-electron chi connectivity index (χ0n) is 21.7. The van der Waals surface area contributed by atoms with Gasteiger partial charge < -0.3 is 20.3 Å². The van der Waals surface area contributed by atoms with Gasteiger partial charge in [0.05, 0.1) is 6.54 Å². The zero-order chi connectivity index (χ0) is 26.4. The number of rotatable bonds is 10. The van der Waals surface area contributed by atoms with E-state index in [1.165, 1.54) is 21.4 Å². The van der Waals surface area contributed by atoms with E-state index in [2.05, 4.69) is 4.98 Å². The normalized spacial score (nSPS) is 11.1. The molecule has 0 unspecified atom stereocenters. The molecule has 35 heavy (non-hydrogen) atoms. The average Bonchev–Trinajstić information content (AvgIpc) is 2.76. The molecule has 1 heterocycles. The monoisotopic (exact) mass is 487 g/mol. The van der Waals surface area contributed by atoms with Crippen LogP contribution < -0.4 is 26.6 Å². The summed E-state index contributed by atoms with van der Waals surface area (Å²) in [6.45, 7) is 11.4. The minimum Gasteiger partial charge on any atom is -0.483 e. The van der Waals surface area contributed by atoms with Crippen molar-refractivity contribution in [1.29, 1.82) is 0 Å². The average molecular weight is 488 g/mol. The molecule has 0 aliphatic rings. The smallest absolute Gasteiger partial charge is 0.330 e. The minimum absolute atomic E-state index is 0.00290. The molecule has 0 bridgehead atoms. The van der Waals surface area contributed by atoms with Gasteiger partial charge in [-0.2, -0.15) is 0 Å². The van der Waals surface area contributed by atoms with Crippen LogP contribution in [-0.2, 0) is 16.1 Å². The first-order valence-electron chi connectivity index (χ1n) is 11.7. The SMILES string of the molecule is Cc1cccc(OCC(=O)N(C)CC(=O)N(CC(C)C)c2c(N)n(CC(C)C)c(=O)[nH]c2=O)c1C. The van der Waals surface area contributed by atoms with Gasteiger partial charge in [0.25, 0.3) is 11.5 Å². The Balaban J connectivity index is 2.26. The van der Waals surface area contributed by atoms with E-state index in [1.54, 1.807) is 6.07 Å². The summed E-state index contributed by atoms with van der Waals surface area (Å²) < 4.78 is 6.93. The predicted molar refractivity (Wildman–Crippen MR) is 137 cm³/mol. The van der Waals surface area contributed by atoms with Crippen molar-refractivity contribution in [2.45, 2.75) is 48.1 Å². The third-order valence-electron chi connectivity index (χ3n) is 5.58. The van der Waals surface area contributed by atoms with Crippen LogP contribution in [0.15, 0.2) is 27.8 Å². The first-order valence-corrected chi connectivity index (χ1v) is 11.7. The first-order chi connectivity index (χ1) is 16.3. The van der Waals surface area contributed by atoms with Crippen molar-refractivity contribution in [3.8, 4) is 5.75 Å². The number of benzene rings is 1. The third-order valence-corrected chi connectivity index (χ3v) is 5.58. The van der Waals surface area contributed by atoms with Crippen LogP contribution in [0.1, 0.15) is 38.8 Å². The summed E-state index contributed by atoms with van der Waals surface area (Å²) in [5.74, 6) is -0.274. The fraction of sp³-hybridized carbons (Fsp3) is 0.520. The summed E-state index contributed by atoms with van der Waals surface area (Å²) >= 11 is 0. The van der Waals surface area contributed by atoms with Crippen LogP contribution in [0.4, 0.5) is 11.5 Å². The lowest BCUT2D eigenvalue weighted by Gasteiger charge is -2.28. The van der Waals surface area contributed by atoms with Crippen LogP contribution in [0.5, 0.6) is 5.75 Å². The molecule has 0 radical (unpaired) electrons. The number of likely N-dealkylation sites (N-methyl/N-ethyl adjacent to an activating group) is 1. The van der Waals surface area contributed by atoms with E-state index < -0.39 is 23.1 Å². The lowest BCUT2D eigenvalue weighted by Crippen LogP contribution is -2.47. The number of nitrogens with one attached hydrogen (secondary N) is 1. The van der Waals surface area contributed by atoms with Crippen molar-refractivity contribution in [2.24, 2.45) is 11.8 Å². The van der Waals surface area contributed by atoms with Crippen molar-refractivity contribution in [1.82, 2.24) is 14.5 Å². The summed E-state index contributed by atoms with van der Waals surface area (Å²) in [6, 6.07) is 5.59. The number of nitrogen functional groups attached to an aromatic ring is 1. The molecule has 0 saturated carbocycles. The van der Waals surface area contributed by atoms with E-state index in [0.717, 1.165) is 11.1 Å². The Kier molecular flexibility index (Phi) is 9.27. The van der Waals surface area contributed by atoms with Gasteiger partial charge in [0.15, 0.2) is 12.3 Å². The molecule has 2 rings (SSSR count). The number of aromatic amines is 1. The van der Waals surface area contributed by atoms with Gasteiger partial charge in [-0.05, 0) is 42.9 Å². The molecule has 1 aromatic carbocycles. The number of carbonyl (C=O) groups is 2. The van der Waals surface area contributed by atoms with Crippen LogP contribution in [0, 0.1) is 25.7 Å². The van der Waals surface area contributed by atoms with E-state index in [1.807, 2.05) is 53.7 Å². The number of aryl methyl sites for hydroxylation is 1. The summed E-state index contributed by atoms with van der Waals surface area (Å²) in [5.41, 5.74) is 6.75. The Morgan fingerprint density at radius 2 is 1.74 bits per heavy atom. The summed E-state index contributed by atoms with van der Waals surface area (Å²) in [4.78, 5) is 55.8. The number of aromatic nitrogens is 2. The maximum absolute atomic E-state index is 13.3. The van der Waals surface area contributed by atoms with E-state index in [4.69, 9.17) is 10.5 Å². The largest absolute Gasteiger partial charge is 0.483 e. The number of H-pyrrole nitrogens is 1.